The van der Waals surface area contributed by atoms with E-state index < -0.39 is 5.97 Å². The molecule has 0 bridgehead atoms. The number of amides is 1. The Morgan fingerprint density at radius 3 is 2.74 bits per heavy atom. The van der Waals surface area contributed by atoms with Gasteiger partial charge in [0.2, 0.25) is 5.91 Å². The van der Waals surface area contributed by atoms with Gasteiger partial charge >= 0.3 is 5.97 Å². The molecule has 0 atom stereocenters. The van der Waals surface area contributed by atoms with Gasteiger partial charge in [-0.05, 0) is 30.9 Å². The lowest BCUT2D eigenvalue weighted by atomic mass is 10.1. The summed E-state index contributed by atoms with van der Waals surface area (Å²) in [4.78, 5) is 27.6. The molecule has 7 heteroatoms. The lowest BCUT2D eigenvalue weighted by Gasteiger charge is -2.06. The first-order valence-electron chi connectivity index (χ1n) is 9.13. The van der Waals surface area contributed by atoms with Crippen molar-refractivity contribution < 1.29 is 14.7 Å². The van der Waals surface area contributed by atoms with Gasteiger partial charge in [0.05, 0.1) is 10.9 Å². The minimum Gasteiger partial charge on any atom is -0.481 e. The summed E-state index contributed by atoms with van der Waals surface area (Å²) in [5, 5.41) is 17.9. The molecule has 7 nitrogen and oxygen atoms in total. The first kappa shape index (κ1) is 18.8. The first-order chi connectivity index (χ1) is 12.8. The largest absolute Gasteiger partial charge is 0.481 e. The van der Waals surface area contributed by atoms with E-state index in [-0.39, 0.29) is 18.7 Å². The number of carboxylic acids is 1. The standard InChI is InChI=1S/C20H24N4O3/c1-12(2)11-24-20-15(10-14-7-4-6-13(3)18(14)22-20)19(23-24)21-16(25)8-5-9-17(26)27/h4,6-7,10,12H,5,8-9,11H2,1-3H3,(H,26,27)(H,21,23,25). The summed E-state index contributed by atoms with van der Waals surface area (Å²) in [6, 6.07) is 8.00. The van der Waals surface area contributed by atoms with E-state index in [1.807, 2.05) is 35.9 Å². The molecule has 0 unspecified atom stereocenters. The van der Waals surface area contributed by atoms with Gasteiger partial charge in [-0.3, -0.25) is 9.59 Å². The van der Waals surface area contributed by atoms with Crippen molar-refractivity contribution in [2.45, 2.75) is 46.6 Å². The van der Waals surface area contributed by atoms with Crippen molar-refractivity contribution in [3.63, 3.8) is 0 Å². The van der Waals surface area contributed by atoms with Crippen LogP contribution in [0.3, 0.4) is 0 Å². The molecule has 0 saturated carbocycles. The van der Waals surface area contributed by atoms with Gasteiger partial charge in [0.1, 0.15) is 0 Å². The summed E-state index contributed by atoms with van der Waals surface area (Å²) in [7, 11) is 0. The molecule has 2 heterocycles. The topological polar surface area (TPSA) is 97.1 Å². The minimum atomic E-state index is -0.902. The first-order valence-corrected chi connectivity index (χ1v) is 9.13. The van der Waals surface area contributed by atoms with Gasteiger partial charge in [-0.2, -0.15) is 5.10 Å². The molecule has 0 radical (unpaired) electrons. The second-order valence-electron chi connectivity index (χ2n) is 7.23. The van der Waals surface area contributed by atoms with E-state index in [4.69, 9.17) is 10.1 Å². The van der Waals surface area contributed by atoms with Crippen LogP contribution < -0.4 is 5.32 Å². The molecular formula is C20H24N4O3. The highest BCUT2D eigenvalue weighted by Gasteiger charge is 2.16. The molecule has 142 valence electrons. The molecule has 0 spiro atoms. The van der Waals surface area contributed by atoms with E-state index in [0.29, 0.717) is 24.7 Å². The van der Waals surface area contributed by atoms with Crippen LogP contribution in [0.15, 0.2) is 24.3 Å². The van der Waals surface area contributed by atoms with Crippen molar-refractivity contribution in [3.8, 4) is 0 Å². The number of fused-ring (bicyclic) bond motifs is 2. The fourth-order valence-corrected chi connectivity index (χ4v) is 3.09. The number of pyridine rings is 1. The summed E-state index contributed by atoms with van der Waals surface area (Å²) in [5.74, 6) is -0.291. The zero-order valence-corrected chi connectivity index (χ0v) is 15.8. The molecule has 1 amide bonds. The molecular weight excluding hydrogens is 344 g/mol. The van der Waals surface area contributed by atoms with E-state index in [0.717, 1.165) is 27.5 Å². The number of anilines is 1. The quantitative estimate of drug-likeness (QED) is 0.662. The fourth-order valence-electron chi connectivity index (χ4n) is 3.09. The number of aryl methyl sites for hydroxylation is 1. The van der Waals surface area contributed by atoms with Crippen molar-refractivity contribution >= 4 is 39.6 Å². The average molecular weight is 368 g/mol. The third-order valence-electron chi connectivity index (χ3n) is 4.34. The van der Waals surface area contributed by atoms with Crippen LogP contribution in [-0.4, -0.2) is 31.7 Å². The maximum Gasteiger partial charge on any atom is 0.303 e. The smallest absolute Gasteiger partial charge is 0.303 e. The molecule has 2 N–H and O–H groups in total. The van der Waals surface area contributed by atoms with Crippen LogP contribution >= 0.6 is 0 Å². The number of aromatic nitrogens is 3. The van der Waals surface area contributed by atoms with Gasteiger partial charge in [0.15, 0.2) is 11.5 Å². The number of benzene rings is 1. The Morgan fingerprint density at radius 2 is 2.04 bits per heavy atom. The molecule has 3 aromatic rings. The van der Waals surface area contributed by atoms with Crippen molar-refractivity contribution in [1.29, 1.82) is 0 Å². The van der Waals surface area contributed by atoms with Crippen molar-refractivity contribution in [1.82, 2.24) is 14.8 Å². The number of carboxylic acid groups (broad SMARTS) is 1. The molecule has 1 aromatic carbocycles. The molecule has 0 aliphatic heterocycles. The van der Waals surface area contributed by atoms with Crippen molar-refractivity contribution in [2.24, 2.45) is 5.92 Å². The third kappa shape index (κ3) is 4.24. The predicted molar refractivity (Wildman–Crippen MR) is 105 cm³/mol. The fraction of sp³-hybridized carbons (Fsp3) is 0.400. The van der Waals surface area contributed by atoms with Gasteiger partial charge in [-0.25, -0.2) is 9.67 Å². The number of nitrogens with one attached hydrogen (secondary N) is 1. The highest BCUT2D eigenvalue weighted by molar-refractivity contribution is 6.03. The Hall–Kier alpha value is -2.96. The molecule has 2 aromatic heterocycles. The van der Waals surface area contributed by atoms with Gasteiger partial charge in [0, 0.05) is 24.8 Å². The van der Waals surface area contributed by atoms with Crippen LogP contribution in [0.4, 0.5) is 5.82 Å². The molecule has 0 saturated heterocycles. The molecule has 0 aliphatic carbocycles. The average Bonchev–Trinajstić information content (AvgIpc) is 2.89. The Balaban J connectivity index is 1.98. The maximum absolute atomic E-state index is 12.2. The molecule has 0 aliphatic rings. The summed E-state index contributed by atoms with van der Waals surface area (Å²) in [6.45, 7) is 6.92. The Morgan fingerprint density at radius 1 is 1.26 bits per heavy atom. The lowest BCUT2D eigenvalue weighted by molar-refractivity contribution is -0.137. The lowest BCUT2D eigenvalue weighted by Crippen LogP contribution is -2.13. The second-order valence-corrected chi connectivity index (χ2v) is 7.23. The van der Waals surface area contributed by atoms with Crippen LogP contribution in [0.25, 0.3) is 21.9 Å². The number of carbonyl (C=O) groups is 2. The summed E-state index contributed by atoms with van der Waals surface area (Å²) in [5.41, 5.74) is 2.76. The number of carbonyl (C=O) groups excluding carboxylic acids is 1. The number of hydrogen-bond acceptors (Lipinski definition) is 4. The van der Waals surface area contributed by atoms with E-state index in [2.05, 4.69) is 24.3 Å². The van der Waals surface area contributed by atoms with Crippen LogP contribution in [-0.2, 0) is 16.1 Å². The summed E-state index contributed by atoms with van der Waals surface area (Å²) in [6.07, 6.45) is 0.415. The number of rotatable bonds is 7. The summed E-state index contributed by atoms with van der Waals surface area (Å²) < 4.78 is 1.83. The van der Waals surface area contributed by atoms with Gasteiger partial charge < -0.3 is 10.4 Å². The predicted octanol–water partition coefficient (Wildman–Crippen LogP) is 3.74. The second kappa shape index (κ2) is 7.73. The molecule has 3 rings (SSSR count). The van der Waals surface area contributed by atoms with Crippen LogP contribution in [0.1, 0.15) is 38.7 Å². The van der Waals surface area contributed by atoms with Crippen LogP contribution in [0.2, 0.25) is 0 Å². The number of aliphatic carboxylic acids is 1. The van der Waals surface area contributed by atoms with Crippen LogP contribution in [0, 0.1) is 12.8 Å². The summed E-state index contributed by atoms with van der Waals surface area (Å²) >= 11 is 0. The van der Waals surface area contributed by atoms with Gasteiger partial charge in [-0.1, -0.05) is 32.0 Å². The van der Waals surface area contributed by atoms with Gasteiger partial charge in [0.25, 0.3) is 0 Å². The Bertz CT molecular complexity index is 1010. The zero-order chi connectivity index (χ0) is 19.6. The van der Waals surface area contributed by atoms with Crippen molar-refractivity contribution in [2.75, 3.05) is 5.32 Å². The number of hydrogen-bond donors (Lipinski definition) is 2. The number of nitrogens with zero attached hydrogens (tertiary/aromatic N) is 3. The van der Waals surface area contributed by atoms with Crippen molar-refractivity contribution in [3.05, 3.63) is 29.8 Å². The minimum absolute atomic E-state index is 0.0264. The maximum atomic E-state index is 12.2. The Labute approximate surface area is 157 Å². The van der Waals surface area contributed by atoms with E-state index >= 15 is 0 Å². The highest BCUT2D eigenvalue weighted by atomic mass is 16.4. The van der Waals surface area contributed by atoms with E-state index in [1.54, 1.807) is 0 Å². The van der Waals surface area contributed by atoms with E-state index in [9.17, 15) is 9.59 Å². The van der Waals surface area contributed by atoms with Gasteiger partial charge in [-0.15, -0.1) is 0 Å². The molecule has 0 fully saturated rings. The molecule has 27 heavy (non-hydrogen) atoms. The number of para-hydroxylation sites is 1. The van der Waals surface area contributed by atoms with E-state index in [1.165, 1.54) is 0 Å². The zero-order valence-electron chi connectivity index (χ0n) is 15.8. The third-order valence-corrected chi connectivity index (χ3v) is 4.34. The van der Waals surface area contributed by atoms with Crippen LogP contribution in [0.5, 0.6) is 0 Å². The monoisotopic (exact) mass is 368 g/mol. The SMILES string of the molecule is Cc1cccc2cc3c(NC(=O)CCCC(=O)O)nn(CC(C)C)c3nc12. The Kier molecular flexibility index (Phi) is 5.39. The highest BCUT2D eigenvalue weighted by Crippen LogP contribution is 2.28. The normalized spacial score (nSPS) is 11.4.